The Morgan fingerprint density at radius 3 is 2.64 bits per heavy atom. The van der Waals surface area contributed by atoms with E-state index in [9.17, 15) is 4.79 Å². The van der Waals surface area contributed by atoms with E-state index in [1.165, 1.54) is 0 Å². The maximum absolute atomic E-state index is 12.7. The summed E-state index contributed by atoms with van der Waals surface area (Å²) in [5.41, 5.74) is 1.39. The molecular formula is C21H29ClN4O2. The molecule has 0 bridgehead atoms. The van der Waals surface area contributed by atoms with Gasteiger partial charge in [-0.1, -0.05) is 17.7 Å². The number of nitrogens with one attached hydrogen (secondary N) is 2. The van der Waals surface area contributed by atoms with Gasteiger partial charge in [0.15, 0.2) is 6.73 Å². The van der Waals surface area contributed by atoms with Crippen LogP contribution in [0, 0.1) is 6.92 Å². The summed E-state index contributed by atoms with van der Waals surface area (Å²) in [7, 11) is 0. The molecule has 1 aromatic heterocycles. The molecule has 0 atom stereocenters. The van der Waals surface area contributed by atoms with Gasteiger partial charge in [0.1, 0.15) is 11.4 Å². The van der Waals surface area contributed by atoms with Crippen LogP contribution in [0.1, 0.15) is 56.6 Å². The first-order chi connectivity index (χ1) is 13.0. The molecule has 2 N–H and O–H groups in total. The predicted molar refractivity (Wildman–Crippen MR) is 111 cm³/mol. The molecule has 1 saturated heterocycles. The Hall–Kier alpha value is -2.05. The lowest BCUT2D eigenvalue weighted by molar-refractivity contribution is 0.0866. The third kappa shape index (κ3) is 5.26. The Labute approximate surface area is 171 Å². The molecule has 0 radical (unpaired) electrons. The number of aromatic nitrogens is 2. The summed E-state index contributed by atoms with van der Waals surface area (Å²) in [6.45, 7) is 10.8. The molecule has 6 nitrogen and oxygen atoms in total. The minimum Gasteiger partial charge on any atom is -0.470 e. The van der Waals surface area contributed by atoms with Gasteiger partial charge < -0.3 is 15.4 Å². The van der Waals surface area contributed by atoms with Crippen molar-refractivity contribution in [2.75, 3.05) is 0 Å². The lowest BCUT2D eigenvalue weighted by Gasteiger charge is -2.46. The molecule has 1 aliphatic rings. The Morgan fingerprint density at radius 1 is 1.29 bits per heavy atom. The molecule has 1 aromatic carbocycles. The lowest BCUT2D eigenvalue weighted by atomic mass is 9.79. The van der Waals surface area contributed by atoms with Crippen LogP contribution >= 0.6 is 11.6 Å². The number of hydrogen-bond acceptors (Lipinski definition) is 4. The van der Waals surface area contributed by atoms with Gasteiger partial charge in [-0.25, -0.2) is 4.68 Å². The standard InChI is InChI=1S/C21H29ClN4O2/c1-14-6-7-16(22)18(10-14)28-13-26-9-8-17(24-26)19(27)23-15-11-20(2,3)25-21(4,5)12-15/h6-10,15,25H,11-13H2,1-5H3,(H,23,27). The molecule has 1 aliphatic heterocycles. The monoisotopic (exact) mass is 404 g/mol. The molecule has 0 aliphatic carbocycles. The first-order valence-electron chi connectivity index (χ1n) is 9.56. The fourth-order valence-electron chi connectivity index (χ4n) is 4.10. The molecule has 7 heteroatoms. The number of carbonyl (C=O) groups excluding carboxylic acids is 1. The van der Waals surface area contributed by atoms with E-state index in [0.29, 0.717) is 16.5 Å². The van der Waals surface area contributed by atoms with E-state index in [4.69, 9.17) is 16.3 Å². The zero-order valence-electron chi connectivity index (χ0n) is 17.2. The summed E-state index contributed by atoms with van der Waals surface area (Å²) in [6.07, 6.45) is 3.48. The topological polar surface area (TPSA) is 68.2 Å². The Balaban J connectivity index is 1.60. The molecule has 28 heavy (non-hydrogen) atoms. The second-order valence-electron chi connectivity index (χ2n) is 8.92. The number of halogens is 1. The van der Waals surface area contributed by atoms with Gasteiger partial charge in [-0.3, -0.25) is 4.79 Å². The van der Waals surface area contributed by atoms with Gasteiger partial charge in [-0.15, -0.1) is 0 Å². The Morgan fingerprint density at radius 2 is 1.96 bits per heavy atom. The summed E-state index contributed by atoms with van der Waals surface area (Å²) in [4.78, 5) is 12.7. The number of hydrogen-bond donors (Lipinski definition) is 2. The highest BCUT2D eigenvalue weighted by Crippen LogP contribution is 2.28. The molecule has 1 amide bonds. The van der Waals surface area contributed by atoms with Crippen LogP contribution in [0.2, 0.25) is 5.02 Å². The van der Waals surface area contributed by atoms with E-state index >= 15 is 0 Å². The van der Waals surface area contributed by atoms with Crippen LogP contribution in [0.5, 0.6) is 5.75 Å². The van der Waals surface area contributed by atoms with E-state index in [0.717, 1.165) is 18.4 Å². The molecule has 1 fully saturated rings. The maximum atomic E-state index is 12.7. The van der Waals surface area contributed by atoms with Crippen molar-refractivity contribution in [3.8, 4) is 5.75 Å². The predicted octanol–water partition coefficient (Wildman–Crippen LogP) is 3.92. The fourth-order valence-corrected chi connectivity index (χ4v) is 4.27. The van der Waals surface area contributed by atoms with Crippen LogP contribution in [0.25, 0.3) is 0 Å². The molecule has 2 heterocycles. The molecule has 2 aromatic rings. The average Bonchev–Trinajstić information content (AvgIpc) is 3.02. The minimum atomic E-state index is -0.161. The van der Waals surface area contributed by atoms with Gasteiger partial charge in [0, 0.05) is 23.3 Å². The van der Waals surface area contributed by atoms with E-state index in [1.807, 2.05) is 19.1 Å². The number of ether oxygens (including phenoxy) is 1. The first kappa shape index (κ1) is 20.7. The second kappa shape index (κ2) is 7.76. The molecule has 152 valence electrons. The Bertz CT molecular complexity index is 844. The van der Waals surface area contributed by atoms with Crippen LogP contribution in [0.3, 0.4) is 0 Å². The fraction of sp³-hybridized carbons (Fsp3) is 0.524. The summed E-state index contributed by atoms with van der Waals surface area (Å²) in [5.74, 6) is 0.438. The van der Waals surface area contributed by atoms with Crippen molar-refractivity contribution in [1.82, 2.24) is 20.4 Å². The number of aryl methyl sites for hydroxylation is 1. The van der Waals surface area contributed by atoms with Gasteiger partial charge in [0.05, 0.1) is 5.02 Å². The smallest absolute Gasteiger partial charge is 0.271 e. The average molecular weight is 405 g/mol. The number of rotatable bonds is 5. The van der Waals surface area contributed by atoms with Gasteiger partial charge in [0.25, 0.3) is 5.91 Å². The molecule has 3 rings (SSSR count). The second-order valence-corrected chi connectivity index (χ2v) is 9.33. The maximum Gasteiger partial charge on any atom is 0.271 e. The number of carbonyl (C=O) groups is 1. The van der Waals surface area contributed by atoms with Crippen molar-refractivity contribution in [1.29, 1.82) is 0 Å². The van der Waals surface area contributed by atoms with E-state index in [-0.39, 0.29) is 29.8 Å². The molecule has 0 spiro atoms. The van der Waals surface area contributed by atoms with Crippen LogP contribution in [-0.4, -0.2) is 32.8 Å². The molecule has 0 saturated carbocycles. The lowest BCUT2D eigenvalue weighted by Crippen LogP contribution is -2.62. The number of piperidine rings is 1. The van der Waals surface area contributed by atoms with E-state index in [2.05, 4.69) is 43.4 Å². The highest BCUT2D eigenvalue weighted by atomic mass is 35.5. The highest BCUT2D eigenvalue weighted by molar-refractivity contribution is 6.32. The van der Waals surface area contributed by atoms with Gasteiger partial charge in [0.2, 0.25) is 0 Å². The van der Waals surface area contributed by atoms with Gasteiger partial charge in [-0.2, -0.15) is 5.10 Å². The van der Waals surface area contributed by atoms with Crippen molar-refractivity contribution in [3.63, 3.8) is 0 Å². The quantitative estimate of drug-likeness (QED) is 0.792. The number of benzene rings is 1. The first-order valence-corrected chi connectivity index (χ1v) is 9.93. The van der Waals surface area contributed by atoms with E-state index in [1.54, 1.807) is 23.0 Å². The van der Waals surface area contributed by atoms with Crippen LogP contribution in [0.15, 0.2) is 30.5 Å². The summed E-state index contributed by atoms with van der Waals surface area (Å²) in [5, 5.41) is 11.6. The van der Waals surface area contributed by atoms with Crippen molar-refractivity contribution >= 4 is 17.5 Å². The summed E-state index contributed by atoms with van der Waals surface area (Å²) in [6, 6.07) is 7.41. The molecule has 0 unspecified atom stereocenters. The minimum absolute atomic E-state index is 0.0278. The number of amides is 1. The van der Waals surface area contributed by atoms with Crippen LogP contribution in [0.4, 0.5) is 0 Å². The number of nitrogens with zero attached hydrogens (tertiary/aromatic N) is 2. The normalized spacial score (nSPS) is 18.6. The van der Waals surface area contributed by atoms with Crippen LogP contribution < -0.4 is 15.4 Å². The van der Waals surface area contributed by atoms with E-state index < -0.39 is 0 Å². The van der Waals surface area contributed by atoms with Crippen molar-refractivity contribution in [2.24, 2.45) is 0 Å². The summed E-state index contributed by atoms with van der Waals surface area (Å²) < 4.78 is 7.32. The zero-order valence-corrected chi connectivity index (χ0v) is 17.9. The van der Waals surface area contributed by atoms with Gasteiger partial charge in [-0.05, 0) is 71.2 Å². The SMILES string of the molecule is Cc1ccc(Cl)c(OCn2ccc(C(=O)NC3CC(C)(C)NC(C)(C)C3)n2)c1. The van der Waals surface area contributed by atoms with Crippen LogP contribution in [-0.2, 0) is 6.73 Å². The van der Waals surface area contributed by atoms with Crippen molar-refractivity contribution in [2.45, 2.75) is 71.3 Å². The van der Waals surface area contributed by atoms with Crippen molar-refractivity contribution in [3.05, 3.63) is 46.7 Å². The molecular weight excluding hydrogens is 376 g/mol. The van der Waals surface area contributed by atoms with Gasteiger partial charge >= 0.3 is 0 Å². The zero-order chi connectivity index (χ0) is 20.5. The highest BCUT2D eigenvalue weighted by Gasteiger charge is 2.38. The van der Waals surface area contributed by atoms with Crippen molar-refractivity contribution < 1.29 is 9.53 Å². The largest absolute Gasteiger partial charge is 0.470 e. The summed E-state index contributed by atoms with van der Waals surface area (Å²) >= 11 is 6.15. The third-order valence-corrected chi connectivity index (χ3v) is 5.15. The Kier molecular flexibility index (Phi) is 5.73. The third-order valence-electron chi connectivity index (χ3n) is 4.84.